The third kappa shape index (κ3) is 5.72. The Morgan fingerprint density at radius 3 is 2.06 bits per heavy atom. The number of carbonyl (C=O) groups is 3. The molecular weight excluding hydrogens is 420 g/mol. The normalized spacial score (nSPS) is 13.7. The Morgan fingerprint density at radius 1 is 1.00 bits per heavy atom. The molecule has 3 rings (SSSR count). The van der Waals surface area contributed by atoms with Crippen LogP contribution < -0.4 is 10.6 Å². The lowest BCUT2D eigenvalue weighted by molar-refractivity contribution is -0.146. The van der Waals surface area contributed by atoms with Gasteiger partial charge in [-0.05, 0) is 48.4 Å². The van der Waals surface area contributed by atoms with Crippen molar-refractivity contribution >= 4 is 18.0 Å². The average Bonchev–Trinajstić information content (AvgIpc) is 3.08. The first-order chi connectivity index (χ1) is 15.6. The van der Waals surface area contributed by atoms with Crippen LogP contribution in [0, 0.1) is 11.8 Å². The SMILES string of the molecule is CC(C)CC(CNC(=O)OCC1c2ccccc2-c2ccccc21)C(=O)NC(C)(C)C(=O)O. The van der Waals surface area contributed by atoms with Crippen molar-refractivity contribution in [2.75, 3.05) is 13.2 Å². The van der Waals surface area contributed by atoms with Gasteiger partial charge in [0.1, 0.15) is 12.1 Å². The molecule has 7 nitrogen and oxygen atoms in total. The molecule has 2 amide bonds. The molecule has 0 bridgehead atoms. The van der Waals surface area contributed by atoms with Gasteiger partial charge in [-0.25, -0.2) is 9.59 Å². The van der Waals surface area contributed by atoms with E-state index in [2.05, 4.69) is 34.9 Å². The molecule has 33 heavy (non-hydrogen) atoms. The van der Waals surface area contributed by atoms with Crippen LogP contribution in [0.25, 0.3) is 11.1 Å². The summed E-state index contributed by atoms with van der Waals surface area (Å²) in [6, 6.07) is 16.2. The Morgan fingerprint density at radius 2 is 1.55 bits per heavy atom. The highest BCUT2D eigenvalue weighted by Crippen LogP contribution is 2.44. The minimum Gasteiger partial charge on any atom is -0.480 e. The van der Waals surface area contributed by atoms with Gasteiger partial charge < -0.3 is 20.5 Å². The van der Waals surface area contributed by atoms with Crippen LogP contribution in [0.4, 0.5) is 4.79 Å². The zero-order valence-electron chi connectivity index (χ0n) is 19.6. The van der Waals surface area contributed by atoms with E-state index >= 15 is 0 Å². The number of amides is 2. The fourth-order valence-electron chi connectivity index (χ4n) is 4.17. The second-order valence-electron chi connectivity index (χ2n) is 9.45. The molecule has 0 spiro atoms. The topological polar surface area (TPSA) is 105 Å². The first kappa shape index (κ1) is 24.3. The Hall–Kier alpha value is -3.35. The number of hydrogen-bond acceptors (Lipinski definition) is 4. The summed E-state index contributed by atoms with van der Waals surface area (Å²) in [5, 5.41) is 14.5. The molecule has 1 unspecified atom stereocenters. The number of fused-ring (bicyclic) bond motifs is 3. The van der Waals surface area contributed by atoms with Crippen molar-refractivity contribution in [3.8, 4) is 11.1 Å². The molecule has 0 radical (unpaired) electrons. The lowest BCUT2D eigenvalue weighted by Gasteiger charge is -2.26. The molecule has 0 heterocycles. The van der Waals surface area contributed by atoms with E-state index in [1.54, 1.807) is 0 Å². The number of benzene rings is 2. The summed E-state index contributed by atoms with van der Waals surface area (Å²) in [6.45, 7) is 7.05. The lowest BCUT2D eigenvalue weighted by Crippen LogP contribution is -2.53. The van der Waals surface area contributed by atoms with E-state index in [0.717, 1.165) is 22.3 Å². The second-order valence-corrected chi connectivity index (χ2v) is 9.45. The highest BCUT2D eigenvalue weighted by molar-refractivity contribution is 5.87. The van der Waals surface area contributed by atoms with Crippen LogP contribution in [0.5, 0.6) is 0 Å². The van der Waals surface area contributed by atoms with Gasteiger partial charge in [0.2, 0.25) is 5.91 Å². The number of rotatable bonds is 9. The van der Waals surface area contributed by atoms with Crippen LogP contribution in [0.2, 0.25) is 0 Å². The average molecular weight is 453 g/mol. The fourth-order valence-corrected chi connectivity index (χ4v) is 4.17. The summed E-state index contributed by atoms with van der Waals surface area (Å²) in [7, 11) is 0. The van der Waals surface area contributed by atoms with E-state index < -0.39 is 29.4 Å². The zero-order valence-corrected chi connectivity index (χ0v) is 19.6. The third-order valence-electron chi connectivity index (χ3n) is 5.93. The zero-order chi connectivity index (χ0) is 24.2. The summed E-state index contributed by atoms with van der Waals surface area (Å²) >= 11 is 0. The molecule has 1 aliphatic carbocycles. The number of aliphatic carboxylic acids is 1. The minimum absolute atomic E-state index is 0.0470. The maximum Gasteiger partial charge on any atom is 0.407 e. The van der Waals surface area contributed by atoms with Crippen molar-refractivity contribution in [3.63, 3.8) is 0 Å². The van der Waals surface area contributed by atoms with Crippen LogP contribution in [0.1, 0.15) is 51.2 Å². The largest absolute Gasteiger partial charge is 0.480 e. The van der Waals surface area contributed by atoms with E-state index in [9.17, 15) is 19.5 Å². The molecule has 3 N–H and O–H groups in total. The van der Waals surface area contributed by atoms with Crippen LogP contribution in [0.15, 0.2) is 48.5 Å². The number of nitrogens with one attached hydrogen (secondary N) is 2. The minimum atomic E-state index is -1.39. The number of carboxylic acid groups (broad SMARTS) is 1. The van der Waals surface area contributed by atoms with E-state index in [1.165, 1.54) is 13.8 Å². The van der Waals surface area contributed by atoms with E-state index in [4.69, 9.17) is 4.74 Å². The third-order valence-corrected chi connectivity index (χ3v) is 5.93. The Labute approximate surface area is 194 Å². The van der Waals surface area contributed by atoms with Crippen molar-refractivity contribution in [2.24, 2.45) is 11.8 Å². The summed E-state index contributed by atoms with van der Waals surface area (Å²) < 4.78 is 5.54. The van der Waals surface area contributed by atoms with Crippen molar-refractivity contribution in [3.05, 3.63) is 59.7 Å². The predicted octanol–water partition coefficient (Wildman–Crippen LogP) is 4.17. The molecule has 0 fully saturated rings. The first-order valence-electron chi connectivity index (χ1n) is 11.2. The maximum atomic E-state index is 12.7. The molecular formula is C26H32N2O5. The van der Waals surface area contributed by atoms with Crippen molar-refractivity contribution in [1.82, 2.24) is 10.6 Å². The Bertz CT molecular complexity index is 985. The van der Waals surface area contributed by atoms with Gasteiger partial charge in [0.05, 0.1) is 5.92 Å². The van der Waals surface area contributed by atoms with Crippen LogP contribution >= 0.6 is 0 Å². The summed E-state index contributed by atoms with van der Waals surface area (Å²) in [4.78, 5) is 36.5. The smallest absolute Gasteiger partial charge is 0.407 e. The Kier molecular flexibility index (Phi) is 7.41. The molecule has 1 aliphatic rings. The van der Waals surface area contributed by atoms with Gasteiger partial charge in [-0.3, -0.25) is 4.79 Å². The summed E-state index contributed by atoms with van der Waals surface area (Å²) in [6.07, 6.45) is -0.0959. The second kappa shape index (κ2) is 10.1. The molecule has 0 aliphatic heterocycles. The van der Waals surface area contributed by atoms with Gasteiger partial charge in [-0.2, -0.15) is 0 Å². The van der Waals surface area contributed by atoms with Crippen molar-refractivity contribution < 1.29 is 24.2 Å². The van der Waals surface area contributed by atoms with Gasteiger partial charge in [-0.15, -0.1) is 0 Å². The summed E-state index contributed by atoms with van der Waals surface area (Å²) in [5.74, 6) is -1.95. The molecule has 0 saturated heterocycles. The molecule has 0 aromatic heterocycles. The van der Waals surface area contributed by atoms with Crippen LogP contribution in [-0.2, 0) is 14.3 Å². The van der Waals surface area contributed by atoms with Crippen LogP contribution in [0.3, 0.4) is 0 Å². The molecule has 2 aromatic carbocycles. The number of alkyl carbamates (subject to hydrolysis) is 1. The van der Waals surface area contributed by atoms with E-state index in [0.29, 0.717) is 6.42 Å². The lowest BCUT2D eigenvalue weighted by atomic mass is 9.94. The monoisotopic (exact) mass is 452 g/mol. The maximum absolute atomic E-state index is 12.7. The van der Waals surface area contributed by atoms with E-state index in [1.807, 2.05) is 38.1 Å². The molecule has 2 aromatic rings. The molecule has 7 heteroatoms. The van der Waals surface area contributed by atoms with Gasteiger partial charge in [0.15, 0.2) is 0 Å². The fraction of sp³-hybridized carbons (Fsp3) is 0.423. The van der Waals surface area contributed by atoms with Crippen LogP contribution in [-0.4, -0.2) is 41.8 Å². The Balaban J connectivity index is 1.61. The van der Waals surface area contributed by atoms with Crippen molar-refractivity contribution in [2.45, 2.75) is 45.6 Å². The quantitative estimate of drug-likeness (QED) is 0.530. The molecule has 0 saturated carbocycles. The number of carboxylic acids is 1. The van der Waals surface area contributed by atoms with Gasteiger partial charge in [-0.1, -0.05) is 62.4 Å². The number of ether oxygens (including phenoxy) is 1. The molecule has 1 atom stereocenters. The standard InChI is InChI=1S/C26H32N2O5/c1-16(2)13-17(23(29)28-26(3,4)24(30)31)14-27-25(32)33-15-22-20-11-7-5-9-18(20)19-10-6-8-12-21(19)22/h5-12,16-17,22H,13-15H2,1-4H3,(H,27,32)(H,28,29)(H,30,31). The van der Waals surface area contributed by atoms with Gasteiger partial charge >= 0.3 is 12.1 Å². The summed E-state index contributed by atoms with van der Waals surface area (Å²) in [5.41, 5.74) is 3.16. The van der Waals surface area contributed by atoms with Gasteiger partial charge in [0, 0.05) is 12.5 Å². The highest BCUT2D eigenvalue weighted by atomic mass is 16.5. The van der Waals surface area contributed by atoms with Crippen molar-refractivity contribution in [1.29, 1.82) is 0 Å². The number of hydrogen-bond donors (Lipinski definition) is 3. The predicted molar refractivity (Wildman–Crippen MR) is 126 cm³/mol. The van der Waals surface area contributed by atoms with E-state index in [-0.39, 0.29) is 25.0 Å². The molecule has 176 valence electrons. The number of carbonyl (C=O) groups excluding carboxylic acids is 2. The first-order valence-corrected chi connectivity index (χ1v) is 11.2. The van der Waals surface area contributed by atoms with Gasteiger partial charge in [0.25, 0.3) is 0 Å². The highest BCUT2D eigenvalue weighted by Gasteiger charge is 2.33.